The van der Waals surface area contributed by atoms with E-state index < -0.39 is 0 Å². The van der Waals surface area contributed by atoms with E-state index in [4.69, 9.17) is 4.74 Å². The highest BCUT2D eigenvalue weighted by Crippen LogP contribution is 2.10. The van der Waals surface area contributed by atoms with Gasteiger partial charge in [-0.3, -0.25) is 4.99 Å². The van der Waals surface area contributed by atoms with Crippen LogP contribution in [0, 0.1) is 0 Å². The molecular formula is C18H25N5O. The van der Waals surface area contributed by atoms with Crippen LogP contribution in [0.1, 0.15) is 18.4 Å². The highest BCUT2D eigenvalue weighted by Gasteiger charge is 2.15. The monoisotopic (exact) mass is 327 g/mol. The second-order valence-corrected chi connectivity index (χ2v) is 5.89. The lowest BCUT2D eigenvalue weighted by Crippen LogP contribution is -2.41. The Morgan fingerprint density at radius 3 is 2.96 bits per heavy atom. The molecule has 6 heteroatoms. The summed E-state index contributed by atoms with van der Waals surface area (Å²) in [5.41, 5.74) is 2.27. The third-order valence-corrected chi connectivity index (χ3v) is 4.11. The minimum absolute atomic E-state index is 0.313. The molecule has 0 saturated carbocycles. The first kappa shape index (κ1) is 16.5. The predicted molar refractivity (Wildman–Crippen MR) is 95.6 cm³/mol. The van der Waals surface area contributed by atoms with Crippen molar-refractivity contribution in [2.45, 2.75) is 25.4 Å². The topological polar surface area (TPSA) is 63.5 Å². The first-order valence-corrected chi connectivity index (χ1v) is 8.50. The van der Waals surface area contributed by atoms with Crippen LogP contribution in [0.2, 0.25) is 0 Å². The quantitative estimate of drug-likeness (QED) is 0.627. The van der Waals surface area contributed by atoms with Crippen molar-refractivity contribution in [3.63, 3.8) is 0 Å². The first-order valence-electron chi connectivity index (χ1n) is 8.50. The van der Waals surface area contributed by atoms with Crippen molar-refractivity contribution < 1.29 is 4.74 Å². The van der Waals surface area contributed by atoms with Gasteiger partial charge in [0.05, 0.1) is 18.0 Å². The Hall–Kier alpha value is -2.34. The molecule has 3 rings (SSSR count). The summed E-state index contributed by atoms with van der Waals surface area (Å²) in [6.07, 6.45) is 7.48. The normalized spacial score (nSPS) is 17.9. The molecule has 24 heavy (non-hydrogen) atoms. The van der Waals surface area contributed by atoms with Gasteiger partial charge in [-0.05, 0) is 37.0 Å². The van der Waals surface area contributed by atoms with Gasteiger partial charge in [-0.2, -0.15) is 5.10 Å². The summed E-state index contributed by atoms with van der Waals surface area (Å²) in [5.74, 6) is 0.820. The molecule has 1 unspecified atom stereocenters. The molecular weight excluding hydrogens is 302 g/mol. The number of hydrogen-bond acceptors (Lipinski definition) is 3. The summed E-state index contributed by atoms with van der Waals surface area (Å²) in [6.45, 7) is 2.50. The van der Waals surface area contributed by atoms with Gasteiger partial charge >= 0.3 is 0 Å². The molecule has 6 nitrogen and oxygen atoms in total. The molecule has 1 aliphatic heterocycles. The third-order valence-electron chi connectivity index (χ3n) is 4.11. The molecule has 2 N–H and O–H groups in total. The van der Waals surface area contributed by atoms with Crippen molar-refractivity contribution in [1.29, 1.82) is 0 Å². The van der Waals surface area contributed by atoms with Crippen LogP contribution in [-0.4, -0.2) is 48.6 Å². The van der Waals surface area contributed by atoms with Gasteiger partial charge in [-0.25, -0.2) is 4.68 Å². The van der Waals surface area contributed by atoms with E-state index in [1.54, 1.807) is 7.05 Å². The number of hydrogen-bond donors (Lipinski definition) is 2. The van der Waals surface area contributed by atoms with Gasteiger partial charge in [-0.15, -0.1) is 0 Å². The Bertz CT molecular complexity index is 646. The molecule has 128 valence electrons. The van der Waals surface area contributed by atoms with E-state index in [1.807, 2.05) is 41.2 Å². The highest BCUT2D eigenvalue weighted by atomic mass is 16.5. The van der Waals surface area contributed by atoms with Gasteiger partial charge in [0.25, 0.3) is 0 Å². The molecule has 0 amide bonds. The maximum Gasteiger partial charge on any atom is 0.191 e. The Balaban J connectivity index is 1.43. The number of aromatic nitrogens is 2. The molecule has 1 fully saturated rings. The zero-order chi connectivity index (χ0) is 16.6. The van der Waals surface area contributed by atoms with Gasteiger partial charge < -0.3 is 15.4 Å². The van der Waals surface area contributed by atoms with Crippen LogP contribution in [-0.2, 0) is 11.2 Å². The molecule has 1 saturated heterocycles. The fourth-order valence-corrected chi connectivity index (χ4v) is 2.77. The minimum atomic E-state index is 0.313. The summed E-state index contributed by atoms with van der Waals surface area (Å²) >= 11 is 0. The maximum atomic E-state index is 5.61. The van der Waals surface area contributed by atoms with Crippen LogP contribution in [0.4, 0.5) is 0 Å². The van der Waals surface area contributed by atoms with Crippen molar-refractivity contribution in [3.05, 3.63) is 48.3 Å². The lowest BCUT2D eigenvalue weighted by atomic mass is 10.2. The number of rotatable bonds is 6. The number of para-hydroxylation sites is 1. The fourth-order valence-electron chi connectivity index (χ4n) is 2.77. The molecule has 1 aromatic carbocycles. The SMILES string of the molecule is CN=C(NCCc1cnn(-c2ccccc2)c1)NCC1CCCO1. The standard InChI is InChI=1S/C18H25N5O/c1-19-18(21-13-17-8-5-11-24-17)20-10-9-15-12-22-23(14-15)16-6-3-2-4-7-16/h2-4,6-7,12,14,17H,5,8-11,13H2,1H3,(H2,19,20,21). The summed E-state index contributed by atoms with van der Waals surface area (Å²) in [6, 6.07) is 10.1. The summed E-state index contributed by atoms with van der Waals surface area (Å²) in [7, 11) is 1.79. The Labute approximate surface area is 142 Å². The zero-order valence-corrected chi connectivity index (χ0v) is 14.1. The molecule has 1 atom stereocenters. The smallest absolute Gasteiger partial charge is 0.191 e. The van der Waals surface area contributed by atoms with E-state index in [0.717, 1.165) is 50.6 Å². The van der Waals surface area contributed by atoms with Crippen molar-refractivity contribution >= 4 is 5.96 Å². The fraction of sp³-hybridized carbons (Fsp3) is 0.444. The van der Waals surface area contributed by atoms with E-state index in [1.165, 1.54) is 5.56 Å². The Morgan fingerprint density at radius 1 is 1.33 bits per heavy atom. The van der Waals surface area contributed by atoms with Crippen molar-refractivity contribution in [2.24, 2.45) is 4.99 Å². The summed E-state index contributed by atoms with van der Waals surface area (Å²) in [5, 5.41) is 11.1. The number of aliphatic imine (C=N–C) groups is 1. The summed E-state index contributed by atoms with van der Waals surface area (Å²) < 4.78 is 7.51. The number of benzene rings is 1. The van der Waals surface area contributed by atoms with E-state index in [9.17, 15) is 0 Å². The van der Waals surface area contributed by atoms with Gasteiger partial charge in [0.1, 0.15) is 0 Å². The number of nitrogens with zero attached hydrogens (tertiary/aromatic N) is 3. The van der Waals surface area contributed by atoms with E-state index in [2.05, 4.69) is 26.9 Å². The molecule has 1 aromatic heterocycles. The Kier molecular flexibility index (Phi) is 5.85. The van der Waals surface area contributed by atoms with Gasteiger partial charge in [0, 0.05) is 32.9 Å². The zero-order valence-electron chi connectivity index (χ0n) is 14.1. The molecule has 1 aliphatic rings. The molecule has 2 aromatic rings. The number of guanidine groups is 1. The van der Waals surface area contributed by atoms with Gasteiger partial charge in [-0.1, -0.05) is 18.2 Å². The van der Waals surface area contributed by atoms with E-state index in [-0.39, 0.29) is 0 Å². The minimum Gasteiger partial charge on any atom is -0.376 e. The van der Waals surface area contributed by atoms with Crippen LogP contribution in [0.15, 0.2) is 47.7 Å². The van der Waals surface area contributed by atoms with Crippen molar-refractivity contribution in [3.8, 4) is 5.69 Å². The van der Waals surface area contributed by atoms with Gasteiger partial charge in [0.15, 0.2) is 5.96 Å². The second-order valence-electron chi connectivity index (χ2n) is 5.89. The van der Waals surface area contributed by atoms with Crippen LogP contribution >= 0.6 is 0 Å². The van der Waals surface area contributed by atoms with Gasteiger partial charge in [0.2, 0.25) is 0 Å². The van der Waals surface area contributed by atoms with Crippen LogP contribution in [0.3, 0.4) is 0 Å². The molecule has 0 spiro atoms. The van der Waals surface area contributed by atoms with Crippen molar-refractivity contribution in [1.82, 2.24) is 20.4 Å². The second kappa shape index (κ2) is 8.49. The largest absolute Gasteiger partial charge is 0.376 e. The molecule has 0 radical (unpaired) electrons. The maximum absolute atomic E-state index is 5.61. The molecule has 2 heterocycles. The highest BCUT2D eigenvalue weighted by molar-refractivity contribution is 5.79. The lowest BCUT2D eigenvalue weighted by Gasteiger charge is -2.14. The average Bonchev–Trinajstić information content (AvgIpc) is 3.30. The third kappa shape index (κ3) is 4.58. The van der Waals surface area contributed by atoms with Crippen LogP contribution < -0.4 is 10.6 Å². The summed E-state index contributed by atoms with van der Waals surface area (Å²) in [4.78, 5) is 4.25. The van der Waals surface area contributed by atoms with Crippen LogP contribution in [0.25, 0.3) is 5.69 Å². The van der Waals surface area contributed by atoms with Crippen LogP contribution in [0.5, 0.6) is 0 Å². The number of ether oxygens (including phenoxy) is 1. The lowest BCUT2D eigenvalue weighted by molar-refractivity contribution is 0.114. The van der Waals surface area contributed by atoms with Crippen molar-refractivity contribution in [2.75, 3.05) is 26.7 Å². The molecule has 0 bridgehead atoms. The number of nitrogens with one attached hydrogen (secondary N) is 2. The van der Waals surface area contributed by atoms with E-state index >= 15 is 0 Å². The Morgan fingerprint density at radius 2 is 2.21 bits per heavy atom. The average molecular weight is 327 g/mol. The first-order chi connectivity index (χ1) is 11.8. The molecule has 0 aliphatic carbocycles. The van der Waals surface area contributed by atoms with E-state index in [0.29, 0.717) is 6.10 Å². The predicted octanol–water partition coefficient (Wildman–Crippen LogP) is 1.76.